The Morgan fingerprint density at radius 3 is 2.73 bits per heavy atom. The van der Waals surface area contributed by atoms with Crippen LogP contribution >= 0.6 is 27.7 Å². The molecule has 0 saturated carbocycles. The second-order valence-corrected chi connectivity index (χ2v) is 6.11. The van der Waals surface area contributed by atoms with Crippen LogP contribution in [0.4, 0.5) is 8.78 Å². The zero-order chi connectivity index (χ0) is 16.1. The Morgan fingerprint density at radius 2 is 2.09 bits per heavy atom. The molecule has 0 radical (unpaired) electrons. The smallest absolute Gasteiger partial charge is 0.256 e. The molecular weight excluding hydrogens is 376 g/mol. The minimum atomic E-state index is -2.60. The summed E-state index contributed by atoms with van der Waals surface area (Å²) in [6.45, 7) is -0.633. The molecular formula is C15H14BrF2NO2S. The molecule has 2 aromatic rings. The normalized spacial score (nSPS) is 11.0. The summed E-state index contributed by atoms with van der Waals surface area (Å²) >= 11 is 4.96. The van der Waals surface area contributed by atoms with Crippen molar-refractivity contribution in [3.05, 3.63) is 51.2 Å². The summed E-state index contributed by atoms with van der Waals surface area (Å²) in [5.74, 6) is 1.19. The summed E-state index contributed by atoms with van der Waals surface area (Å²) < 4.78 is 32.7. The van der Waals surface area contributed by atoms with Crippen LogP contribution in [0.5, 0.6) is 5.75 Å². The Morgan fingerprint density at radius 1 is 1.32 bits per heavy atom. The van der Waals surface area contributed by atoms with Gasteiger partial charge in [0.1, 0.15) is 11.7 Å². The topological polar surface area (TPSA) is 31.2 Å². The van der Waals surface area contributed by atoms with Crippen molar-refractivity contribution in [3.63, 3.8) is 0 Å². The third-order valence-electron chi connectivity index (χ3n) is 2.93. The van der Waals surface area contributed by atoms with Crippen LogP contribution in [0, 0.1) is 0 Å². The summed E-state index contributed by atoms with van der Waals surface area (Å²) in [5.41, 5.74) is 0.651. The summed E-state index contributed by atoms with van der Waals surface area (Å²) in [4.78, 5) is 11.9. The van der Waals surface area contributed by atoms with E-state index in [0.717, 1.165) is 4.57 Å². The first-order valence-corrected chi connectivity index (χ1v) is 8.61. The van der Waals surface area contributed by atoms with Gasteiger partial charge in [0.15, 0.2) is 0 Å². The van der Waals surface area contributed by atoms with Gasteiger partial charge in [0.25, 0.3) is 12.0 Å². The monoisotopic (exact) mass is 389 g/mol. The molecule has 0 atom stereocenters. The number of hydrogen-bond acceptors (Lipinski definition) is 3. The molecule has 0 bridgehead atoms. The molecule has 2 rings (SSSR count). The number of rotatable bonds is 6. The van der Waals surface area contributed by atoms with Crippen LogP contribution in [-0.2, 0) is 6.54 Å². The van der Waals surface area contributed by atoms with E-state index in [1.165, 1.54) is 6.07 Å². The standard InChI is InChI=1S/C15H14BrF2NO2S/c1-22-9-21-10-5-6-11(12(16)7-10)13-3-2-4-15(20)19(13)8-14(17)18/h2-7,14H,8-9H2,1H3. The molecule has 0 aliphatic heterocycles. The maximum Gasteiger partial charge on any atom is 0.256 e. The van der Waals surface area contributed by atoms with Crippen molar-refractivity contribution in [1.29, 1.82) is 0 Å². The number of hydrogen-bond donors (Lipinski definition) is 0. The lowest BCUT2D eigenvalue weighted by molar-refractivity contribution is 0.126. The molecule has 118 valence electrons. The maximum absolute atomic E-state index is 12.7. The molecule has 0 saturated heterocycles. The number of alkyl halides is 2. The lowest BCUT2D eigenvalue weighted by Gasteiger charge is -2.14. The molecule has 0 aliphatic rings. The average molecular weight is 390 g/mol. The Labute approximate surface area is 139 Å². The zero-order valence-corrected chi connectivity index (χ0v) is 14.2. The highest BCUT2D eigenvalue weighted by Crippen LogP contribution is 2.31. The van der Waals surface area contributed by atoms with Gasteiger partial charge in [0.05, 0.1) is 12.2 Å². The molecule has 0 amide bonds. The first kappa shape index (κ1) is 17.0. The largest absolute Gasteiger partial charge is 0.483 e. The van der Waals surface area contributed by atoms with Crippen LogP contribution in [0.2, 0.25) is 0 Å². The quantitative estimate of drug-likeness (QED) is 0.692. The number of thioether (sulfide) groups is 1. The fourth-order valence-electron chi connectivity index (χ4n) is 2.00. The van der Waals surface area contributed by atoms with Crippen LogP contribution in [-0.4, -0.2) is 23.2 Å². The van der Waals surface area contributed by atoms with Crippen LogP contribution < -0.4 is 10.3 Å². The van der Waals surface area contributed by atoms with Gasteiger partial charge in [-0.25, -0.2) is 8.78 Å². The van der Waals surface area contributed by atoms with Crippen molar-refractivity contribution in [1.82, 2.24) is 4.57 Å². The van der Waals surface area contributed by atoms with Gasteiger partial charge >= 0.3 is 0 Å². The van der Waals surface area contributed by atoms with Gasteiger partial charge in [0.2, 0.25) is 0 Å². The van der Waals surface area contributed by atoms with Crippen molar-refractivity contribution in [2.45, 2.75) is 13.0 Å². The average Bonchev–Trinajstić information content (AvgIpc) is 2.47. The predicted molar refractivity (Wildman–Crippen MR) is 88.9 cm³/mol. The van der Waals surface area contributed by atoms with Gasteiger partial charge in [-0.15, -0.1) is 11.8 Å². The Hall–Kier alpha value is -1.34. The second kappa shape index (κ2) is 7.78. The van der Waals surface area contributed by atoms with Gasteiger partial charge in [-0.2, -0.15) is 0 Å². The second-order valence-electron chi connectivity index (χ2n) is 4.44. The third kappa shape index (κ3) is 4.10. The number of aromatic nitrogens is 1. The number of pyridine rings is 1. The SMILES string of the molecule is CSCOc1ccc(-c2cccc(=O)n2CC(F)F)c(Br)c1. The zero-order valence-electron chi connectivity index (χ0n) is 11.8. The van der Waals surface area contributed by atoms with E-state index in [0.29, 0.717) is 27.4 Å². The van der Waals surface area contributed by atoms with E-state index in [-0.39, 0.29) is 0 Å². The van der Waals surface area contributed by atoms with Crippen molar-refractivity contribution in [3.8, 4) is 17.0 Å². The van der Waals surface area contributed by atoms with E-state index in [9.17, 15) is 13.6 Å². The lowest BCUT2D eigenvalue weighted by atomic mass is 10.1. The number of benzene rings is 1. The van der Waals surface area contributed by atoms with Crippen LogP contribution in [0.1, 0.15) is 0 Å². The predicted octanol–water partition coefficient (Wildman–Crippen LogP) is 4.24. The highest BCUT2D eigenvalue weighted by molar-refractivity contribution is 9.10. The highest BCUT2D eigenvalue weighted by Gasteiger charge is 2.13. The number of nitrogens with zero attached hydrogens (tertiary/aromatic N) is 1. The van der Waals surface area contributed by atoms with E-state index < -0.39 is 18.5 Å². The molecule has 0 aliphatic carbocycles. The van der Waals surface area contributed by atoms with E-state index in [2.05, 4.69) is 15.9 Å². The molecule has 0 fully saturated rings. The van der Waals surface area contributed by atoms with Gasteiger partial charge < -0.3 is 9.30 Å². The van der Waals surface area contributed by atoms with Crippen molar-refractivity contribution in [2.75, 3.05) is 12.2 Å². The van der Waals surface area contributed by atoms with Crippen molar-refractivity contribution >= 4 is 27.7 Å². The fraction of sp³-hybridized carbons (Fsp3) is 0.267. The van der Waals surface area contributed by atoms with E-state index >= 15 is 0 Å². The summed E-state index contributed by atoms with van der Waals surface area (Å²) in [7, 11) is 0. The highest BCUT2D eigenvalue weighted by atomic mass is 79.9. The minimum Gasteiger partial charge on any atom is -0.483 e. The molecule has 22 heavy (non-hydrogen) atoms. The Kier molecular flexibility index (Phi) is 6.02. The molecule has 1 aromatic carbocycles. The lowest BCUT2D eigenvalue weighted by Crippen LogP contribution is -2.23. The van der Waals surface area contributed by atoms with Gasteiger partial charge in [-0.1, -0.05) is 6.07 Å². The number of ether oxygens (including phenoxy) is 1. The molecule has 1 heterocycles. The maximum atomic E-state index is 12.7. The number of halogens is 3. The molecule has 0 N–H and O–H groups in total. The van der Waals surface area contributed by atoms with Crippen molar-refractivity contribution < 1.29 is 13.5 Å². The fourth-order valence-corrected chi connectivity index (χ4v) is 2.82. The van der Waals surface area contributed by atoms with E-state index in [1.807, 2.05) is 6.26 Å². The summed E-state index contributed by atoms with van der Waals surface area (Å²) in [6, 6.07) is 9.74. The van der Waals surface area contributed by atoms with Crippen LogP contribution in [0.15, 0.2) is 45.7 Å². The summed E-state index contributed by atoms with van der Waals surface area (Å²) in [6.07, 6.45) is -0.669. The first-order chi connectivity index (χ1) is 10.5. The summed E-state index contributed by atoms with van der Waals surface area (Å²) in [5, 5.41) is 0. The van der Waals surface area contributed by atoms with Crippen LogP contribution in [0.25, 0.3) is 11.3 Å². The van der Waals surface area contributed by atoms with E-state index in [4.69, 9.17) is 4.74 Å². The van der Waals surface area contributed by atoms with Gasteiger partial charge in [0, 0.05) is 16.1 Å². The Balaban J connectivity index is 2.44. The third-order valence-corrected chi connectivity index (χ3v) is 3.94. The van der Waals surface area contributed by atoms with Gasteiger partial charge in [-0.3, -0.25) is 4.79 Å². The minimum absolute atomic E-state index is 0.441. The first-order valence-electron chi connectivity index (χ1n) is 6.42. The molecule has 3 nitrogen and oxygen atoms in total. The van der Waals surface area contributed by atoms with Gasteiger partial charge in [-0.05, 0) is 46.5 Å². The van der Waals surface area contributed by atoms with Crippen LogP contribution in [0.3, 0.4) is 0 Å². The van der Waals surface area contributed by atoms with Crippen molar-refractivity contribution in [2.24, 2.45) is 0 Å². The molecule has 0 spiro atoms. The molecule has 7 heteroatoms. The Bertz CT molecular complexity index is 706. The molecule has 1 aromatic heterocycles. The molecule has 0 unspecified atom stereocenters. The van der Waals surface area contributed by atoms with E-state index in [1.54, 1.807) is 42.1 Å².